The molecule has 1 saturated carbocycles. The van der Waals surface area contributed by atoms with Crippen molar-refractivity contribution in [3.05, 3.63) is 57.3 Å². The molecule has 3 aromatic rings. The summed E-state index contributed by atoms with van der Waals surface area (Å²) in [4.78, 5) is 25.6. The first-order valence-corrected chi connectivity index (χ1v) is 13.3. The third-order valence-corrected chi connectivity index (χ3v) is 9.00. The molecule has 4 heterocycles. The molecule has 0 unspecified atom stereocenters. The van der Waals surface area contributed by atoms with Gasteiger partial charge in [-0.1, -0.05) is 17.7 Å². The molecule has 1 aromatic carbocycles. The maximum absolute atomic E-state index is 13.3. The smallest absolute Gasteiger partial charge is 0.253 e. The minimum absolute atomic E-state index is 0.0741. The Hall–Kier alpha value is -2.02. The molecule has 6 rings (SSSR count). The van der Waals surface area contributed by atoms with E-state index in [-0.39, 0.29) is 5.91 Å². The number of hydrogen-bond acceptors (Lipinski definition) is 5. The quantitative estimate of drug-likeness (QED) is 0.522. The number of halogens is 1. The number of thiophene rings is 1. The lowest BCUT2D eigenvalue weighted by Crippen LogP contribution is -2.39. The number of carbonyl (C=O) groups excluding carboxylic acids is 1. The number of hydrogen-bond donors (Lipinski definition) is 1. The maximum Gasteiger partial charge on any atom is 0.253 e. The summed E-state index contributed by atoms with van der Waals surface area (Å²) in [5, 5.41) is 7.65. The number of aryl methyl sites for hydroxylation is 1. The number of carbonyl (C=O) groups is 1. The van der Waals surface area contributed by atoms with Gasteiger partial charge in [0.1, 0.15) is 10.7 Å². The Morgan fingerprint density at radius 2 is 1.91 bits per heavy atom. The van der Waals surface area contributed by atoms with Crippen molar-refractivity contribution in [3.63, 3.8) is 0 Å². The van der Waals surface area contributed by atoms with Gasteiger partial charge in [-0.05, 0) is 80.5 Å². The lowest BCUT2D eigenvalue weighted by atomic mass is 9.95. The van der Waals surface area contributed by atoms with Crippen molar-refractivity contribution in [1.29, 1.82) is 0 Å². The number of fused-ring (bicyclic) bond motifs is 3. The molecular formula is C26H29ClN4OS. The molecule has 172 valence electrons. The predicted octanol–water partition coefficient (Wildman–Crippen LogP) is 5.67. The average molecular weight is 481 g/mol. The summed E-state index contributed by atoms with van der Waals surface area (Å²) in [5.74, 6) is 1.60. The first-order chi connectivity index (χ1) is 16.0. The summed E-state index contributed by atoms with van der Waals surface area (Å²) in [6.45, 7) is 1.96. The standard InChI is InChI=1S/C26H29ClN4OS/c1-14-28-24(20-9-10-33-25(20)29-14)22-13-21(22)19-8-3-15(11-23(19)27)26(32)31(2)18-7-6-16-4-5-17(12-18)30-16/h3,8-11,16-18,21-22,30H,4-7,12-13H2,1-2H3/t16-,17+,18-,21+,22-/m0/s1. The van der Waals surface area contributed by atoms with Crippen LogP contribution in [0, 0.1) is 6.92 Å². The molecular weight excluding hydrogens is 452 g/mol. The van der Waals surface area contributed by atoms with Gasteiger partial charge in [-0.25, -0.2) is 9.97 Å². The highest BCUT2D eigenvalue weighted by atomic mass is 35.5. The van der Waals surface area contributed by atoms with Crippen molar-refractivity contribution < 1.29 is 4.79 Å². The second-order valence-corrected chi connectivity index (χ2v) is 11.3. The monoisotopic (exact) mass is 480 g/mol. The molecule has 7 heteroatoms. The van der Waals surface area contributed by atoms with E-state index in [9.17, 15) is 4.79 Å². The van der Waals surface area contributed by atoms with Crippen molar-refractivity contribution in [3.8, 4) is 0 Å². The van der Waals surface area contributed by atoms with E-state index >= 15 is 0 Å². The van der Waals surface area contributed by atoms with Crippen molar-refractivity contribution in [2.24, 2.45) is 0 Å². The van der Waals surface area contributed by atoms with Gasteiger partial charge < -0.3 is 10.2 Å². The molecule has 3 aliphatic rings. The van der Waals surface area contributed by atoms with Gasteiger partial charge in [0, 0.05) is 47.1 Å². The third kappa shape index (κ3) is 3.96. The molecule has 2 saturated heterocycles. The third-order valence-electron chi connectivity index (χ3n) is 7.86. The normalized spacial score (nSPS) is 28.6. The fourth-order valence-corrected chi connectivity index (χ4v) is 7.09. The Bertz CT molecular complexity index is 1230. The van der Waals surface area contributed by atoms with Gasteiger partial charge in [0.2, 0.25) is 0 Å². The highest BCUT2D eigenvalue weighted by Crippen LogP contribution is 2.57. The summed E-state index contributed by atoms with van der Waals surface area (Å²) in [7, 11) is 1.95. The van der Waals surface area contributed by atoms with Crippen LogP contribution in [-0.2, 0) is 0 Å². The van der Waals surface area contributed by atoms with Crippen LogP contribution < -0.4 is 5.32 Å². The van der Waals surface area contributed by atoms with Crippen molar-refractivity contribution >= 4 is 39.1 Å². The number of amides is 1. The van der Waals surface area contributed by atoms with Gasteiger partial charge in [0.05, 0.1) is 5.69 Å². The van der Waals surface area contributed by atoms with Crippen molar-refractivity contribution in [2.75, 3.05) is 7.05 Å². The number of rotatable bonds is 4. The van der Waals surface area contributed by atoms with Gasteiger partial charge in [0.25, 0.3) is 5.91 Å². The molecule has 1 amide bonds. The second-order valence-electron chi connectivity index (χ2n) is 10.0. The van der Waals surface area contributed by atoms with Gasteiger partial charge in [-0.15, -0.1) is 11.3 Å². The summed E-state index contributed by atoms with van der Waals surface area (Å²) < 4.78 is 0. The summed E-state index contributed by atoms with van der Waals surface area (Å²) in [5.41, 5.74) is 2.94. The number of nitrogens with one attached hydrogen (secondary N) is 1. The molecule has 1 N–H and O–H groups in total. The Balaban J connectivity index is 1.19. The lowest BCUT2D eigenvalue weighted by molar-refractivity contribution is 0.0710. The second kappa shape index (κ2) is 8.33. The Labute approximate surface area is 203 Å². The topological polar surface area (TPSA) is 58.1 Å². The molecule has 0 spiro atoms. The Kier molecular flexibility index (Phi) is 5.43. The van der Waals surface area contributed by atoms with Crippen LogP contribution in [-0.4, -0.2) is 45.9 Å². The average Bonchev–Trinajstić information content (AvgIpc) is 3.29. The number of nitrogens with zero attached hydrogens (tertiary/aromatic N) is 3. The molecule has 5 nitrogen and oxygen atoms in total. The zero-order valence-electron chi connectivity index (χ0n) is 19.1. The van der Waals surface area contributed by atoms with Crippen LogP contribution in [0.25, 0.3) is 10.2 Å². The van der Waals surface area contributed by atoms with Crippen molar-refractivity contribution in [2.45, 2.75) is 75.4 Å². The first kappa shape index (κ1) is 21.5. The minimum Gasteiger partial charge on any atom is -0.339 e. The molecule has 0 radical (unpaired) electrons. The van der Waals surface area contributed by atoms with E-state index in [0.717, 1.165) is 53.0 Å². The van der Waals surface area contributed by atoms with E-state index in [1.54, 1.807) is 11.3 Å². The minimum atomic E-state index is 0.0741. The summed E-state index contributed by atoms with van der Waals surface area (Å²) in [6.07, 6.45) is 6.81. The molecule has 3 fully saturated rings. The fourth-order valence-electron chi connectivity index (χ4n) is 5.95. The van der Waals surface area contributed by atoms with E-state index < -0.39 is 0 Å². The molecule has 2 aromatic heterocycles. The van der Waals surface area contributed by atoms with E-state index in [1.807, 2.05) is 31.0 Å². The van der Waals surface area contributed by atoms with E-state index in [0.29, 0.717) is 40.5 Å². The first-order valence-electron chi connectivity index (χ1n) is 12.0. The van der Waals surface area contributed by atoms with E-state index in [1.165, 1.54) is 12.8 Å². The Morgan fingerprint density at radius 1 is 1.09 bits per heavy atom. The van der Waals surface area contributed by atoms with Crippen LogP contribution in [0.2, 0.25) is 5.02 Å². The SMILES string of the molecule is Cc1nc([C@H]2C[C@@H]2c2ccc(C(=O)N(C)[C@H]3CC[C@@H]4CC[C@H](C3)N4)cc2Cl)c2ccsc2n1. The van der Waals surface area contributed by atoms with Crippen LogP contribution in [0.5, 0.6) is 0 Å². The molecule has 2 aliphatic heterocycles. The largest absolute Gasteiger partial charge is 0.339 e. The molecule has 1 aliphatic carbocycles. The number of benzene rings is 1. The van der Waals surface area contributed by atoms with Gasteiger partial charge in [-0.2, -0.15) is 0 Å². The fraction of sp³-hybridized carbons (Fsp3) is 0.500. The zero-order valence-corrected chi connectivity index (χ0v) is 20.6. The van der Waals surface area contributed by atoms with Crippen LogP contribution in [0.4, 0.5) is 0 Å². The predicted molar refractivity (Wildman–Crippen MR) is 133 cm³/mol. The summed E-state index contributed by atoms with van der Waals surface area (Å²) >= 11 is 8.41. The summed E-state index contributed by atoms with van der Waals surface area (Å²) in [6, 6.07) is 9.50. The molecule has 5 atom stereocenters. The van der Waals surface area contributed by atoms with Crippen LogP contribution in [0.15, 0.2) is 29.6 Å². The van der Waals surface area contributed by atoms with Crippen LogP contribution in [0.3, 0.4) is 0 Å². The highest BCUT2D eigenvalue weighted by Gasteiger charge is 2.43. The highest BCUT2D eigenvalue weighted by molar-refractivity contribution is 7.16. The van der Waals surface area contributed by atoms with Gasteiger partial charge in [-0.3, -0.25) is 4.79 Å². The Morgan fingerprint density at radius 3 is 2.76 bits per heavy atom. The van der Waals surface area contributed by atoms with Gasteiger partial charge >= 0.3 is 0 Å². The maximum atomic E-state index is 13.3. The lowest BCUT2D eigenvalue weighted by Gasteiger charge is -2.29. The van der Waals surface area contributed by atoms with E-state index in [2.05, 4.69) is 27.8 Å². The van der Waals surface area contributed by atoms with Crippen LogP contribution >= 0.6 is 22.9 Å². The zero-order chi connectivity index (χ0) is 22.7. The molecule has 33 heavy (non-hydrogen) atoms. The van der Waals surface area contributed by atoms with Crippen molar-refractivity contribution in [1.82, 2.24) is 20.2 Å². The number of aromatic nitrogens is 2. The molecule has 2 bridgehead atoms. The van der Waals surface area contributed by atoms with E-state index in [4.69, 9.17) is 16.6 Å². The van der Waals surface area contributed by atoms with Crippen LogP contribution in [0.1, 0.15) is 77.8 Å². The van der Waals surface area contributed by atoms with Gasteiger partial charge in [0.15, 0.2) is 0 Å².